The summed E-state index contributed by atoms with van der Waals surface area (Å²) >= 11 is 0. The van der Waals surface area contributed by atoms with Gasteiger partial charge in [0.2, 0.25) is 0 Å². The summed E-state index contributed by atoms with van der Waals surface area (Å²) in [6, 6.07) is 16.0. The Hall–Kier alpha value is -1.84. The molecule has 0 atom stereocenters. The SMILES string of the molecule is CC(C)(C)c1ccc(CCNC(=O)c2ccc(CN)cc2)cc1.Cl. The van der Waals surface area contributed by atoms with Gasteiger partial charge in [-0.15, -0.1) is 12.4 Å². The van der Waals surface area contributed by atoms with Gasteiger partial charge in [0.05, 0.1) is 0 Å². The maximum absolute atomic E-state index is 12.1. The molecule has 2 aromatic carbocycles. The molecular weight excluding hydrogens is 320 g/mol. The van der Waals surface area contributed by atoms with E-state index in [1.165, 1.54) is 11.1 Å². The van der Waals surface area contributed by atoms with Gasteiger partial charge in [0.25, 0.3) is 5.91 Å². The number of rotatable bonds is 5. The van der Waals surface area contributed by atoms with Crippen molar-refractivity contribution in [1.29, 1.82) is 0 Å². The van der Waals surface area contributed by atoms with Crippen molar-refractivity contribution in [2.75, 3.05) is 6.54 Å². The van der Waals surface area contributed by atoms with E-state index in [1.807, 2.05) is 24.3 Å². The predicted octanol–water partition coefficient (Wildman–Crippen LogP) is 3.84. The third-order valence-electron chi connectivity index (χ3n) is 3.97. The third kappa shape index (κ3) is 5.66. The molecule has 24 heavy (non-hydrogen) atoms. The Balaban J connectivity index is 0.00000288. The maximum Gasteiger partial charge on any atom is 0.251 e. The van der Waals surface area contributed by atoms with E-state index in [0.29, 0.717) is 18.7 Å². The van der Waals surface area contributed by atoms with Crippen LogP contribution in [0, 0.1) is 0 Å². The van der Waals surface area contributed by atoms with Gasteiger partial charge in [-0.05, 0) is 40.7 Å². The number of benzene rings is 2. The van der Waals surface area contributed by atoms with E-state index in [4.69, 9.17) is 5.73 Å². The summed E-state index contributed by atoms with van der Waals surface area (Å²) in [4.78, 5) is 12.1. The molecule has 4 heteroatoms. The fourth-order valence-corrected chi connectivity index (χ4v) is 2.39. The van der Waals surface area contributed by atoms with Crippen molar-refractivity contribution in [2.24, 2.45) is 5.73 Å². The van der Waals surface area contributed by atoms with Gasteiger partial charge < -0.3 is 11.1 Å². The predicted molar refractivity (Wildman–Crippen MR) is 103 cm³/mol. The van der Waals surface area contributed by atoms with Gasteiger partial charge in [0.15, 0.2) is 0 Å². The topological polar surface area (TPSA) is 55.1 Å². The third-order valence-corrected chi connectivity index (χ3v) is 3.97. The number of amides is 1. The first-order valence-electron chi connectivity index (χ1n) is 8.07. The van der Waals surface area contributed by atoms with Gasteiger partial charge in [0.1, 0.15) is 0 Å². The molecule has 0 aliphatic rings. The Kier molecular flexibility index (Phi) is 7.46. The molecule has 0 unspecified atom stereocenters. The molecule has 0 aliphatic heterocycles. The lowest BCUT2D eigenvalue weighted by Gasteiger charge is -2.19. The summed E-state index contributed by atoms with van der Waals surface area (Å²) in [5.74, 6) is -0.0418. The number of nitrogens with two attached hydrogens (primary N) is 1. The zero-order valence-electron chi connectivity index (χ0n) is 14.6. The van der Waals surface area contributed by atoms with Crippen molar-refractivity contribution in [3.63, 3.8) is 0 Å². The van der Waals surface area contributed by atoms with E-state index in [-0.39, 0.29) is 23.7 Å². The smallest absolute Gasteiger partial charge is 0.251 e. The number of carbonyl (C=O) groups is 1. The van der Waals surface area contributed by atoms with Crippen LogP contribution in [0.15, 0.2) is 48.5 Å². The second-order valence-corrected chi connectivity index (χ2v) is 6.85. The zero-order valence-corrected chi connectivity index (χ0v) is 15.5. The molecule has 2 aromatic rings. The fraction of sp³-hybridized carbons (Fsp3) is 0.350. The lowest BCUT2D eigenvalue weighted by atomic mass is 9.86. The molecule has 0 spiro atoms. The first-order valence-corrected chi connectivity index (χ1v) is 8.07. The van der Waals surface area contributed by atoms with Gasteiger partial charge >= 0.3 is 0 Å². The molecule has 0 aromatic heterocycles. The molecule has 0 fully saturated rings. The van der Waals surface area contributed by atoms with Crippen LogP contribution in [-0.2, 0) is 18.4 Å². The highest BCUT2D eigenvalue weighted by Gasteiger charge is 2.12. The largest absolute Gasteiger partial charge is 0.352 e. The van der Waals surface area contributed by atoms with Crippen molar-refractivity contribution in [3.05, 3.63) is 70.8 Å². The first-order chi connectivity index (χ1) is 10.9. The molecular formula is C20H27ClN2O. The number of halogens is 1. The lowest BCUT2D eigenvalue weighted by molar-refractivity contribution is 0.0954. The molecule has 0 saturated carbocycles. The molecule has 2 rings (SSSR count). The van der Waals surface area contributed by atoms with Crippen molar-refractivity contribution in [2.45, 2.75) is 39.2 Å². The summed E-state index contributed by atoms with van der Waals surface area (Å²) in [5, 5.41) is 2.96. The Morgan fingerprint density at radius 3 is 2.00 bits per heavy atom. The summed E-state index contributed by atoms with van der Waals surface area (Å²) in [6.07, 6.45) is 0.830. The summed E-state index contributed by atoms with van der Waals surface area (Å²) in [6.45, 7) is 7.74. The molecule has 0 bridgehead atoms. The number of hydrogen-bond acceptors (Lipinski definition) is 2. The number of nitrogens with one attached hydrogen (secondary N) is 1. The van der Waals surface area contributed by atoms with Crippen molar-refractivity contribution >= 4 is 18.3 Å². The Labute approximate surface area is 151 Å². The summed E-state index contributed by atoms with van der Waals surface area (Å²) in [7, 11) is 0. The van der Waals surface area contributed by atoms with Crippen LogP contribution in [0.25, 0.3) is 0 Å². The number of hydrogen-bond donors (Lipinski definition) is 2. The van der Waals surface area contributed by atoms with Crippen LogP contribution in [0.4, 0.5) is 0 Å². The van der Waals surface area contributed by atoms with E-state index >= 15 is 0 Å². The highest BCUT2D eigenvalue weighted by molar-refractivity contribution is 5.94. The minimum absolute atomic E-state index is 0. The van der Waals surface area contributed by atoms with Gasteiger partial charge in [-0.1, -0.05) is 57.2 Å². The van der Waals surface area contributed by atoms with E-state index in [0.717, 1.165) is 12.0 Å². The minimum atomic E-state index is -0.0418. The Morgan fingerprint density at radius 2 is 1.50 bits per heavy atom. The zero-order chi connectivity index (χ0) is 16.9. The van der Waals surface area contributed by atoms with Crippen LogP contribution in [0.2, 0.25) is 0 Å². The van der Waals surface area contributed by atoms with Crippen LogP contribution in [0.5, 0.6) is 0 Å². The second kappa shape index (κ2) is 8.86. The maximum atomic E-state index is 12.1. The highest BCUT2D eigenvalue weighted by Crippen LogP contribution is 2.22. The molecule has 3 N–H and O–H groups in total. The van der Waals surface area contributed by atoms with Crippen molar-refractivity contribution in [3.8, 4) is 0 Å². The van der Waals surface area contributed by atoms with E-state index in [1.54, 1.807) is 0 Å². The van der Waals surface area contributed by atoms with Crippen molar-refractivity contribution in [1.82, 2.24) is 5.32 Å². The highest BCUT2D eigenvalue weighted by atomic mass is 35.5. The minimum Gasteiger partial charge on any atom is -0.352 e. The van der Waals surface area contributed by atoms with Crippen molar-refractivity contribution < 1.29 is 4.79 Å². The normalized spacial score (nSPS) is 10.8. The number of carbonyl (C=O) groups excluding carboxylic acids is 1. The Bertz CT molecular complexity index is 643. The van der Waals surface area contributed by atoms with Gasteiger partial charge in [-0.2, -0.15) is 0 Å². The molecule has 3 nitrogen and oxygen atoms in total. The quantitative estimate of drug-likeness (QED) is 0.864. The van der Waals surface area contributed by atoms with Crippen LogP contribution in [0.1, 0.15) is 47.8 Å². The van der Waals surface area contributed by atoms with Gasteiger partial charge in [-0.25, -0.2) is 0 Å². The first kappa shape index (κ1) is 20.2. The fourth-order valence-electron chi connectivity index (χ4n) is 2.39. The van der Waals surface area contributed by atoms with E-state index < -0.39 is 0 Å². The molecule has 1 amide bonds. The van der Waals surface area contributed by atoms with Gasteiger partial charge in [-0.3, -0.25) is 4.79 Å². The lowest BCUT2D eigenvalue weighted by Crippen LogP contribution is -2.25. The van der Waals surface area contributed by atoms with Crippen LogP contribution in [0.3, 0.4) is 0 Å². The summed E-state index contributed by atoms with van der Waals surface area (Å²) in [5.41, 5.74) is 9.98. The molecule has 0 radical (unpaired) electrons. The van der Waals surface area contributed by atoms with E-state index in [2.05, 4.69) is 50.4 Å². The van der Waals surface area contributed by atoms with E-state index in [9.17, 15) is 4.79 Å². The molecule has 130 valence electrons. The van der Waals surface area contributed by atoms with Crippen LogP contribution in [-0.4, -0.2) is 12.5 Å². The average molecular weight is 347 g/mol. The van der Waals surface area contributed by atoms with Crippen LogP contribution >= 0.6 is 12.4 Å². The second-order valence-electron chi connectivity index (χ2n) is 6.85. The average Bonchev–Trinajstić information content (AvgIpc) is 2.54. The van der Waals surface area contributed by atoms with Crippen LogP contribution < -0.4 is 11.1 Å². The molecule has 0 aliphatic carbocycles. The summed E-state index contributed by atoms with van der Waals surface area (Å²) < 4.78 is 0. The molecule has 0 heterocycles. The monoisotopic (exact) mass is 346 g/mol. The molecule has 0 saturated heterocycles. The van der Waals surface area contributed by atoms with Gasteiger partial charge in [0, 0.05) is 18.7 Å². The Morgan fingerprint density at radius 1 is 0.958 bits per heavy atom. The standard InChI is InChI=1S/C20H26N2O.ClH/c1-20(2,3)18-10-6-15(7-11-18)12-13-22-19(23)17-8-4-16(14-21)5-9-17;/h4-11H,12-14,21H2,1-3H3,(H,22,23);1H.